The lowest BCUT2D eigenvalue weighted by molar-refractivity contribution is -0.140. The van der Waals surface area contributed by atoms with Crippen LogP contribution in [0.15, 0.2) is 18.2 Å². The van der Waals surface area contributed by atoms with Gasteiger partial charge in [0, 0.05) is 24.5 Å². The monoisotopic (exact) mass is 260 g/mol. The molecule has 0 aromatic heterocycles. The van der Waals surface area contributed by atoms with Crippen molar-refractivity contribution in [3.8, 4) is 0 Å². The number of carbonyl (C=O) groups excluding carboxylic acids is 1. The summed E-state index contributed by atoms with van der Waals surface area (Å²) in [4.78, 5) is 14.2. The van der Waals surface area contributed by atoms with Gasteiger partial charge in [0.25, 0.3) is 0 Å². The van der Waals surface area contributed by atoms with Crippen LogP contribution < -0.4 is 5.73 Å². The smallest absolute Gasteiger partial charge is 0.228 e. The minimum atomic E-state index is -0.315. The average molecular weight is 260 g/mol. The third-order valence-corrected chi connectivity index (χ3v) is 3.75. The van der Waals surface area contributed by atoms with E-state index in [4.69, 9.17) is 5.73 Å². The number of nitrogens with two attached hydrogens (primary N) is 1. The van der Waals surface area contributed by atoms with Crippen molar-refractivity contribution in [3.05, 3.63) is 34.9 Å². The van der Waals surface area contributed by atoms with Crippen molar-refractivity contribution in [1.82, 2.24) is 4.90 Å². The maximum Gasteiger partial charge on any atom is 0.228 e. The molecule has 0 aliphatic carbocycles. The Kier molecular flexibility index (Phi) is 3.68. The summed E-state index contributed by atoms with van der Waals surface area (Å²) in [5, 5.41) is 0. The van der Waals surface area contributed by atoms with Crippen LogP contribution in [0.25, 0.3) is 0 Å². The molecule has 1 aliphatic rings. The van der Waals surface area contributed by atoms with Gasteiger partial charge < -0.3 is 10.6 Å². The molecule has 104 valence electrons. The molecule has 1 aromatic carbocycles. The van der Waals surface area contributed by atoms with E-state index in [1.54, 1.807) is 0 Å². The molecular weight excluding hydrogens is 236 g/mol. The van der Waals surface area contributed by atoms with Crippen molar-refractivity contribution in [2.24, 2.45) is 11.1 Å². The highest BCUT2D eigenvalue weighted by atomic mass is 16.2. The van der Waals surface area contributed by atoms with Gasteiger partial charge in [-0.1, -0.05) is 45.9 Å². The van der Waals surface area contributed by atoms with Gasteiger partial charge in [0.2, 0.25) is 5.91 Å². The average Bonchev–Trinajstić information content (AvgIpc) is 2.78. The van der Waals surface area contributed by atoms with Gasteiger partial charge in [0.05, 0.1) is 0 Å². The van der Waals surface area contributed by atoms with Gasteiger partial charge in [-0.15, -0.1) is 0 Å². The van der Waals surface area contributed by atoms with Crippen LogP contribution in [0, 0.1) is 5.41 Å². The number of nitrogens with zero attached hydrogens (tertiary/aromatic N) is 1. The van der Waals surface area contributed by atoms with Crippen LogP contribution in [0.4, 0.5) is 0 Å². The van der Waals surface area contributed by atoms with E-state index in [1.165, 1.54) is 16.7 Å². The second-order valence-electron chi connectivity index (χ2n) is 6.45. The minimum absolute atomic E-state index is 0.0951. The van der Waals surface area contributed by atoms with E-state index < -0.39 is 0 Å². The Morgan fingerprint density at radius 1 is 1.32 bits per heavy atom. The third-order valence-electron chi connectivity index (χ3n) is 3.75. The minimum Gasteiger partial charge on any atom is -0.334 e. The molecule has 2 N–H and O–H groups in total. The molecule has 0 spiro atoms. The number of hydrogen-bond acceptors (Lipinski definition) is 2. The normalized spacial score (nSPS) is 16.4. The summed E-state index contributed by atoms with van der Waals surface area (Å²) in [6.07, 6.45) is 0.934. The second-order valence-corrected chi connectivity index (χ2v) is 6.45. The first-order chi connectivity index (χ1) is 8.82. The fourth-order valence-corrected chi connectivity index (χ4v) is 2.50. The zero-order valence-electron chi connectivity index (χ0n) is 12.4. The van der Waals surface area contributed by atoms with E-state index in [9.17, 15) is 4.79 Å². The SMILES string of the molecule is CCC(N)c1ccc2c(c1)CN(C(=O)C(C)(C)C)C2. The maximum atomic E-state index is 12.3. The summed E-state index contributed by atoms with van der Waals surface area (Å²) >= 11 is 0. The van der Waals surface area contributed by atoms with Crippen molar-refractivity contribution >= 4 is 5.91 Å². The van der Waals surface area contributed by atoms with Crippen molar-refractivity contribution in [3.63, 3.8) is 0 Å². The number of carbonyl (C=O) groups is 1. The molecule has 3 heteroatoms. The fourth-order valence-electron chi connectivity index (χ4n) is 2.50. The van der Waals surface area contributed by atoms with E-state index in [0.717, 1.165) is 19.5 Å². The van der Waals surface area contributed by atoms with Crippen LogP contribution in [0.3, 0.4) is 0 Å². The molecule has 1 heterocycles. The Hall–Kier alpha value is -1.35. The lowest BCUT2D eigenvalue weighted by Crippen LogP contribution is -2.35. The summed E-state index contributed by atoms with van der Waals surface area (Å²) in [7, 11) is 0. The molecular formula is C16H24N2O. The van der Waals surface area contributed by atoms with Crippen LogP contribution in [0.5, 0.6) is 0 Å². The van der Waals surface area contributed by atoms with E-state index in [0.29, 0.717) is 0 Å². The number of rotatable bonds is 2. The second kappa shape index (κ2) is 4.97. The molecule has 1 aromatic rings. The number of amides is 1. The van der Waals surface area contributed by atoms with Crippen LogP contribution in [0.1, 0.15) is 56.8 Å². The quantitative estimate of drug-likeness (QED) is 0.888. The van der Waals surface area contributed by atoms with E-state index in [2.05, 4.69) is 25.1 Å². The summed E-state index contributed by atoms with van der Waals surface area (Å²) in [5.74, 6) is 0.213. The van der Waals surface area contributed by atoms with E-state index >= 15 is 0 Å². The molecule has 0 radical (unpaired) electrons. The number of benzene rings is 1. The Morgan fingerprint density at radius 3 is 2.53 bits per heavy atom. The first-order valence-corrected chi connectivity index (χ1v) is 6.99. The van der Waals surface area contributed by atoms with Crippen LogP contribution >= 0.6 is 0 Å². The molecule has 1 atom stereocenters. The summed E-state index contributed by atoms with van der Waals surface area (Å²) < 4.78 is 0. The molecule has 0 fully saturated rings. The Bertz CT molecular complexity index is 488. The van der Waals surface area contributed by atoms with Gasteiger partial charge in [0.15, 0.2) is 0 Å². The lowest BCUT2D eigenvalue weighted by Gasteiger charge is -2.25. The molecule has 2 rings (SSSR count). The van der Waals surface area contributed by atoms with Gasteiger partial charge in [-0.2, -0.15) is 0 Å². The molecule has 1 amide bonds. The van der Waals surface area contributed by atoms with Gasteiger partial charge in [-0.3, -0.25) is 4.79 Å². The molecule has 0 saturated carbocycles. The molecule has 0 bridgehead atoms. The lowest BCUT2D eigenvalue weighted by atomic mass is 9.95. The van der Waals surface area contributed by atoms with Crippen molar-refractivity contribution in [2.45, 2.75) is 53.2 Å². The molecule has 19 heavy (non-hydrogen) atoms. The molecule has 1 unspecified atom stereocenters. The highest BCUT2D eigenvalue weighted by Gasteiger charge is 2.31. The van der Waals surface area contributed by atoms with Crippen LogP contribution in [-0.4, -0.2) is 10.8 Å². The predicted molar refractivity (Wildman–Crippen MR) is 77.4 cm³/mol. The first kappa shape index (κ1) is 14.1. The van der Waals surface area contributed by atoms with Crippen molar-refractivity contribution in [1.29, 1.82) is 0 Å². The number of fused-ring (bicyclic) bond motifs is 1. The highest BCUT2D eigenvalue weighted by molar-refractivity contribution is 5.82. The largest absolute Gasteiger partial charge is 0.334 e. The molecule has 1 aliphatic heterocycles. The first-order valence-electron chi connectivity index (χ1n) is 6.99. The zero-order valence-corrected chi connectivity index (χ0v) is 12.4. The van der Waals surface area contributed by atoms with Gasteiger partial charge in [-0.05, 0) is 23.1 Å². The Morgan fingerprint density at radius 2 is 1.95 bits per heavy atom. The van der Waals surface area contributed by atoms with Crippen molar-refractivity contribution < 1.29 is 4.79 Å². The molecule has 0 saturated heterocycles. The van der Waals surface area contributed by atoms with Gasteiger partial charge in [-0.25, -0.2) is 0 Å². The topological polar surface area (TPSA) is 46.3 Å². The Balaban J connectivity index is 2.19. The third kappa shape index (κ3) is 2.81. The van der Waals surface area contributed by atoms with Gasteiger partial charge >= 0.3 is 0 Å². The summed E-state index contributed by atoms with van der Waals surface area (Å²) in [5.41, 5.74) is 9.43. The van der Waals surface area contributed by atoms with Crippen LogP contribution in [0.2, 0.25) is 0 Å². The summed E-state index contributed by atoms with van der Waals surface area (Å²) in [6.45, 7) is 9.44. The highest BCUT2D eigenvalue weighted by Crippen LogP contribution is 2.29. The number of hydrogen-bond donors (Lipinski definition) is 1. The predicted octanol–water partition coefficient (Wildman–Crippen LogP) is 2.98. The zero-order chi connectivity index (χ0) is 14.2. The van der Waals surface area contributed by atoms with Gasteiger partial charge in [0.1, 0.15) is 0 Å². The molecule has 3 nitrogen and oxygen atoms in total. The van der Waals surface area contributed by atoms with Crippen LogP contribution in [-0.2, 0) is 17.9 Å². The Labute approximate surface area is 115 Å². The fraction of sp³-hybridized carbons (Fsp3) is 0.562. The standard InChI is InChI=1S/C16H24N2O/c1-5-14(17)11-6-7-12-9-18(10-13(12)8-11)15(19)16(2,3)4/h6-8,14H,5,9-10,17H2,1-4H3. The van der Waals surface area contributed by atoms with E-state index in [1.807, 2.05) is 25.7 Å². The summed E-state index contributed by atoms with van der Waals surface area (Å²) in [6, 6.07) is 6.48. The maximum absolute atomic E-state index is 12.3. The van der Waals surface area contributed by atoms with E-state index in [-0.39, 0.29) is 17.4 Å². The van der Waals surface area contributed by atoms with Crippen molar-refractivity contribution in [2.75, 3.05) is 0 Å².